The van der Waals surface area contributed by atoms with Crippen LogP contribution in [0.5, 0.6) is 5.75 Å². The minimum atomic E-state index is -0.458. The number of nitrogens with zero attached hydrogens (tertiary/aromatic N) is 2. The number of hydrogen-bond donors (Lipinski definition) is 0. The molecule has 0 N–H and O–H groups in total. The van der Waals surface area contributed by atoms with Gasteiger partial charge in [0.2, 0.25) is 0 Å². The van der Waals surface area contributed by atoms with E-state index >= 15 is 0 Å². The molecular formula is C17H14N2O4. The number of hydrogen-bond acceptors (Lipinski definition) is 5. The lowest BCUT2D eigenvalue weighted by atomic mass is 10.1. The van der Waals surface area contributed by atoms with Crippen LogP contribution < -0.4 is 10.4 Å². The third-order valence-electron chi connectivity index (χ3n) is 3.54. The van der Waals surface area contributed by atoms with Gasteiger partial charge in [0.15, 0.2) is 0 Å². The summed E-state index contributed by atoms with van der Waals surface area (Å²) in [5, 5.41) is 8.88. The topological polar surface area (TPSA) is 83.5 Å². The molecule has 116 valence electrons. The molecule has 1 fully saturated rings. The molecule has 6 heteroatoms. The Kier molecular flexibility index (Phi) is 3.85. The number of likely N-dealkylation sites (tertiary alicyclic amines) is 1. The molecule has 1 aromatic carbocycles. The van der Waals surface area contributed by atoms with Crippen LogP contribution in [0.15, 0.2) is 45.6 Å². The predicted molar refractivity (Wildman–Crippen MR) is 81.2 cm³/mol. The van der Waals surface area contributed by atoms with Crippen LogP contribution in [0.2, 0.25) is 0 Å². The highest BCUT2D eigenvalue weighted by Gasteiger charge is 2.33. The van der Waals surface area contributed by atoms with Crippen LogP contribution in [-0.4, -0.2) is 30.0 Å². The predicted octanol–water partition coefficient (Wildman–Crippen LogP) is 1.72. The second-order valence-electron chi connectivity index (χ2n) is 5.37. The monoisotopic (exact) mass is 310 g/mol. The van der Waals surface area contributed by atoms with Crippen molar-refractivity contribution in [3.8, 4) is 11.8 Å². The summed E-state index contributed by atoms with van der Waals surface area (Å²) in [7, 11) is 0. The zero-order valence-electron chi connectivity index (χ0n) is 12.5. The largest absolute Gasteiger partial charge is 0.486 e. The van der Waals surface area contributed by atoms with Crippen molar-refractivity contribution in [2.24, 2.45) is 0 Å². The van der Waals surface area contributed by atoms with E-state index in [2.05, 4.69) is 0 Å². The number of nitriles is 1. The van der Waals surface area contributed by atoms with Crippen LogP contribution in [0.1, 0.15) is 21.7 Å². The summed E-state index contributed by atoms with van der Waals surface area (Å²) in [5.74, 6) is 0.793. The molecule has 1 aliphatic heterocycles. The molecule has 2 aromatic rings. The van der Waals surface area contributed by atoms with Crippen LogP contribution in [0.3, 0.4) is 0 Å². The van der Waals surface area contributed by atoms with Crippen LogP contribution in [0, 0.1) is 18.3 Å². The number of carbonyl (C=O) groups excluding carboxylic acids is 1. The zero-order chi connectivity index (χ0) is 16.4. The maximum absolute atomic E-state index is 12.3. The minimum Gasteiger partial charge on any atom is -0.486 e. The summed E-state index contributed by atoms with van der Waals surface area (Å²) in [6, 6.07) is 11.5. The molecule has 0 unspecified atom stereocenters. The van der Waals surface area contributed by atoms with Gasteiger partial charge in [0.05, 0.1) is 30.8 Å². The van der Waals surface area contributed by atoms with Crippen molar-refractivity contribution < 1.29 is 13.9 Å². The second-order valence-corrected chi connectivity index (χ2v) is 5.37. The van der Waals surface area contributed by atoms with Crippen LogP contribution >= 0.6 is 0 Å². The highest BCUT2D eigenvalue weighted by molar-refractivity contribution is 5.95. The van der Waals surface area contributed by atoms with Crippen LogP contribution in [0.25, 0.3) is 0 Å². The van der Waals surface area contributed by atoms with Gasteiger partial charge in [-0.15, -0.1) is 0 Å². The van der Waals surface area contributed by atoms with E-state index in [0.29, 0.717) is 35.7 Å². The molecule has 1 saturated heterocycles. The first-order chi connectivity index (χ1) is 11.0. The van der Waals surface area contributed by atoms with Crippen molar-refractivity contribution in [2.45, 2.75) is 13.0 Å². The molecule has 0 bridgehead atoms. The molecule has 0 saturated carbocycles. The molecule has 2 heterocycles. The molecule has 6 nitrogen and oxygen atoms in total. The lowest BCUT2D eigenvalue weighted by molar-refractivity contribution is 0.0175. The van der Waals surface area contributed by atoms with E-state index in [-0.39, 0.29) is 12.0 Å². The van der Waals surface area contributed by atoms with E-state index in [1.807, 2.05) is 6.07 Å². The molecule has 0 spiro atoms. The van der Waals surface area contributed by atoms with E-state index in [4.69, 9.17) is 14.4 Å². The molecule has 1 amide bonds. The van der Waals surface area contributed by atoms with Gasteiger partial charge in [0.25, 0.3) is 5.91 Å². The Morgan fingerprint density at radius 2 is 2.13 bits per heavy atom. The van der Waals surface area contributed by atoms with Crippen LogP contribution in [-0.2, 0) is 0 Å². The molecule has 23 heavy (non-hydrogen) atoms. The quantitative estimate of drug-likeness (QED) is 0.862. The zero-order valence-corrected chi connectivity index (χ0v) is 12.5. The molecule has 1 aromatic heterocycles. The Hall–Kier alpha value is -3.07. The van der Waals surface area contributed by atoms with Crippen LogP contribution in [0.4, 0.5) is 0 Å². The summed E-state index contributed by atoms with van der Waals surface area (Å²) in [6.07, 6.45) is -0.153. The molecule has 0 aliphatic carbocycles. The highest BCUT2D eigenvalue weighted by Crippen LogP contribution is 2.20. The van der Waals surface area contributed by atoms with Gasteiger partial charge in [-0.25, -0.2) is 4.79 Å². The average Bonchev–Trinajstić information content (AvgIpc) is 2.49. The van der Waals surface area contributed by atoms with Crippen molar-refractivity contribution in [1.82, 2.24) is 4.90 Å². The number of carbonyl (C=O) groups is 1. The summed E-state index contributed by atoms with van der Waals surface area (Å²) in [6.45, 7) is 2.55. The fraction of sp³-hybridized carbons (Fsp3) is 0.235. The molecular weight excluding hydrogens is 296 g/mol. The van der Waals surface area contributed by atoms with E-state index in [0.717, 1.165) is 0 Å². The minimum absolute atomic E-state index is 0.134. The van der Waals surface area contributed by atoms with E-state index in [9.17, 15) is 9.59 Å². The molecule has 3 rings (SSSR count). The van der Waals surface area contributed by atoms with Gasteiger partial charge in [0, 0.05) is 11.6 Å². The first-order valence-electron chi connectivity index (χ1n) is 7.13. The molecule has 1 aliphatic rings. The van der Waals surface area contributed by atoms with Gasteiger partial charge in [0.1, 0.15) is 17.6 Å². The van der Waals surface area contributed by atoms with Gasteiger partial charge >= 0.3 is 5.63 Å². The Labute approximate surface area is 132 Å². The number of ether oxygens (including phenoxy) is 1. The van der Waals surface area contributed by atoms with Gasteiger partial charge in [-0.3, -0.25) is 4.79 Å². The standard InChI is InChI=1S/C17H14N2O4/c1-11-5-14(7-16(20)22-11)23-15-9-19(10-15)17(21)13-4-2-3-12(6-13)8-18/h2-7,15H,9-10H2,1H3. The third kappa shape index (κ3) is 3.24. The lowest BCUT2D eigenvalue weighted by Crippen LogP contribution is -2.56. The summed E-state index contributed by atoms with van der Waals surface area (Å²) in [4.78, 5) is 25.2. The van der Waals surface area contributed by atoms with Gasteiger partial charge in [-0.2, -0.15) is 5.26 Å². The number of aryl methyl sites for hydroxylation is 1. The van der Waals surface area contributed by atoms with E-state index < -0.39 is 5.63 Å². The Balaban J connectivity index is 1.61. The summed E-state index contributed by atoms with van der Waals surface area (Å²) in [5.41, 5.74) is 0.481. The Bertz CT molecular complexity index is 844. The van der Waals surface area contributed by atoms with Crippen molar-refractivity contribution in [3.05, 3.63) is 63.7 Å². The third-order valence-corrected chi connectivity index (χ3v) is 3.54. The summed E-state index contributed by atoms with van der Waals surface area (Å²) < 4.78 is 10.5. The lowest BCUT2D eigenvalue weighted by Gasteiger charge is -2.39. The summed E-state index contributed by atoms with van der Waals surface area (Å²) >= 11 is 0. The molecule has 0 atom stereocenters. The number of benzene rings is 1. The SMILES string of the molecule is Cc1cc(OC2CN(C(=O)c3cccc(C#N)c3)C2)cc(=O)o1. The van der Waals surface area contributed by atoms with Crippen molar-refractivity contribution in [2.75, 3.05) is 13.1 Å². The van der Waals surface area contributed by atoms with Gasteiger partial charge in [-0.05, 0) is 25.1 Å². The maximum atomic E-state index is 12.3. The van der Waals surface area contributed by atoms with Crippen molar-refractivity contribution >= 4 is 5.91 Å². The smallest absolute Gasteiger partial charge is 0.339 e. The highest BCUT2D eigenvalue weighted by atomic mass is 16.5. The van der Waals surface area contributed by atoms with Gasteiger partial charge < -0.3 is 14.1 Å². The van der Waals surface area contributed by atoms with Crippen molar-refractivity contribution in [1.29, 1.82) is 5.26 Å². The fourth-order valence-corrected chi connectivity index (χ4v) is 2.42. The first-order valence-corrected chi connectivity index (χ1v) is 7.13. The Morgan fingerprint density at radius 1 is 1.35 bits per heavy atom. The first kappa shape index (κ1) is 14.9. The van der Waals surface area contributed by atoms with Gasteiger partial charge in [-0.1, -0.05) is 6.07 Å². The Morgan fingerprint density at radius 3 is 2.83 bits per heavy atom. The van der Waals surface area contributed by atoms with Crippen molar-refractivity contribution in [3.63, 3.8) is 0 Å². The fourth-order valence-electron chi connectivity index (χ4n) is 2.42. The normalized spacial score (nSPS) is 14.0. The number of rotatable bonds is 3. The maximum Gasteiger partial charge on any atom is 0.339 e. The average molecular weight is 310 g/mol. The van der Waals surface area contributed by atoms with E-state index in [1.54, 1.807) is 42.2 Å². The number of amides is 1. The van der Waals surface area contributed by atoms with E-state index in [1.165, 1.54) is 6.07 Å². The second kappa shape index (κ2) is 5.97. The molecule has 0 radical (unpaired) electrons.